The molecule has 8 heteroatoms. The van der Waals surface area contributed by atoms with Crippen molar-refractivity contribution in [3.8, 4) is 22.5 Å². The first-order chi connectivity index (χ1) is 31.1. The van der Waals surface area contributed by atoms with E-state index in [-0.39, 0.29) is 62.7 Å². The predicted molar refractivity (Wildman–Crippen MR) is 251 cm³/mol. The van der Waals surface area contributed by atoms with E-state index < -0.39 is 24.3 Å². The SMILES string of the molecule is CCC(CC)C(=O)/C=C(\O)C(CC)CC(F)(F)F.[2H]c1nc(-c2[c-]c(C)cc(C)c2)c2ccc(C(C)C)cc2c1[2H].[2H]c1nc(-c2[c-]c(C)cc(C)c2)c2ccc(C3CCCC3)cc2c1[2H].[Ir]. The average Bonchev–Trinajstić information content (AvgIpc) is 3.80. The summed E-state index contributed by atoms with van der Waals surface area (Å²) in [5, 5.41) is 13.1. The second-order valence-corrected chi connectivity index (χ2v) is 17.1. The Morgan fingerprint density at radius 1 is 0.778 bits per heavy atom. The van der Waals surface area contributed by atoms with Crippen LogP contribution in [0.25, 0.3) is 44.1 Å². The maximum atomic E-state index is 12.3. The molecule has 1 atom stereocenters. The molecule has 1 fully saturated rings. The van der Waals surface area contributed by atoms with Gasteiger partial charge in [0.1, 0.15) is 0 Å². The molecule has 1 N–H and O–H groups in total. The van der Waals surface area contributed by atoms with Gasteiger partial charge >= 0.3 is 6.18 Å². The number of hydrogen-bond donors (Lipinski definition) is 1. The molecule has 0 amide bonds. The third-order valence-electron chi connectivity index (χ3n) is 11.7. The number of benzene rings is 4. The van der Waals surface area contributed by atoms with Crippen molar-refractivity contribution in [2.75, 3.05) is 0 Å². The summed E-state index contributed by atoms with van der Waals surface area (Å²) in [5.41, 5.74) is 10.2. The first-order valence-electron chi connectivity index (χ1n) is 24.0. The summed E-state index contributed by atoms with van der Waals surface area (Å²) in [6.45, 7) is 17.6. The zero-order chi connectivity index (χ0) is 48.6. The smallest absolute Gasteiger partial charge is 0.389 e. The summed E-state index contributed by atoms with van der Waals surface area (Å²) in [7, 11) is 0. The van der Waals surface area contributed by atoms with Crippen LogP contribution in [0, 0.1) is 51.7 Å². The first kappa shape index (κ1) is 44.9. The fourth-order valence-electron chi connectivity index (χ4n) is 8.29. The Balaban J connectivity index is 0.000000221. The third-order valence-corrected chi connectivity index (χ3v) is 11.7. The number of alkyl halides is 3. The number of carbonyl (C=O) groups excluding carboxylic acids is 1. The van der Waals surface area contributed by atoms with Gasteiger partial charge in [0.05, 0.1) is 17.7 Å². The van der Waals surface area contributed by atoms with Gasteiger partial charge in [-0.15, -0.1) is 69.8 Å². The van der Waals surface area contributed by atoms with Gasteiger partial charge in [-0.2, -0.15) is 13.2 Å². The molecule has 0 aliphatic heterocycles. The Hall–Kier alpha value is -4.65. The zero-order valence-corrected chi connectivity index (χ0v) is 40.4. The Morgan fingerprint density at radius 2 is 1.27 bits per heavy atom. The number of allylic oxidation sites excluding steroid dienone is 2. The van der Waals surface area contributed by atoms with E-state index in [1.807, 2.05) is 52.8 Å². The van der Waals surface area contributed by atoms with E-state index in [2.05, 4.69) is 85.3 Å². The van der Waals surface area contributed by atoms with Crippen LogP contribution in [0.4, 0.5) is 13.2 Å². The number of aliphatic hydroxyl groups excluding tert-OH is 1. The molecule has 1 aliphatic rings. The van der Waals surface area contributed by atoms with Crippen LogP contribution in [0.2, 0.25) is 0 Å². The Labute approximate surface area is 392 Å². The maximum absolute atomic E-state index is 12.3. The topological polar surface area (TPSA) is 63.1 Å². The molecule has 4 aromatic carbocycles. The number of ketones is 1. The van der Waals surface area contributed by atoms with Crippen molar-refractivity contribution in [1.82, 2.24) is 9.97 Å². The van der Waals surface area contributed by atoms with Gasteiger partial charge < -0.3 is 15.1 Å². The number of aliphatic hydroxyl groups is 1. The number of rotatable bonds is 11. The monoisotopic (exact) mass is 1040 g/mol. The fourth-order valence-corrected chi connectivity index (χ4v) is 8.29. The summed E-state index contributed by atoms with van der Waals surface area (Å²) >= 11 is 0. The van der Waals surface area contributed by atoms with Gasteiger partial charge in [-0.25, -0.2) is 0 Å². The van der Waals surface area contributed by atoms with E-state index in [9.17, 15) is 23.1 Å². The van der Waals surface area contributed by atoms with Crippen LogP contribution in [0.3, 0.4) is 0 Å². The molecule has 0 spiro atoms. The van der Waals surface area contributed by atoms with Gasteiger partial charge in [-0.3, -0.25) is 4.79 Å². The van der Waals surface area contributed by atoms with E-state index in [4.69, 9.17) is 5.48 Å². The molecule has 1 aliphatic carbocycles. The van der Waals surface area contributed by atoms with Crippen molar-refractivity contribution >= 4 is 27.3 Å². The molecular formula is C55H63F3IrN2O2-2. The molecule has 4 nitrogen and oxygen atoms in total. The average molecular weight is 1040 g/mol. The van der Waals surface area contributed by atoms with Gasteiger partial charge in [0, 0.05) is 50.4 Å². The largest absolute Gasteiger partial charge is 0.512 e. The minimum Gasteiger partial charge on any atom is -0.512 e. The summed E-state index contributed by atoms with van der Waals surface area (Å²) in [5.74, 6) is -1.01. The van der Waals surface area contributed by atoms with E-state index in [0.29, 0.717) is 24.7 Å². The number of carbonyl (C=O) groups is 1. The minimum atomic E-state index is -4.33. The van der Waals surface area contributed by atoms with Crippen molar-refractivity contribution in [3.63, 3.8) is 0 Å². The van der Waals surface area contributed by atoms with Crippen LogP contribution in [-0.2, 0) is 24.9 Å². The zero-order valence-electron chi connectivity index (χ0n) is 42.0. The number of aryl methyl sites for hydroxylation is 4. The number of halogens is 3. The van der Waals surface area contributed by atoms with Crippen molar-refractivity contribution in [3.05, 3.63) is 142 Å². The van der Waals surface area contributed by atoms with Crippen LogP contribution in [0.15, 0.2) is 96.9 Å². The molecular weight excluding hydrogens is 970 g/mol. The Bertz CT molecular complexity index is 2670. The normalized spacial score (nSPS) is 14.5. The van der Waals surface area contributed by atoms with Crippen molar-refractivity contribution < 1.29 is 48.7 Å². The fraction of sp³-hybridized carbons (Fsp3) is 0.400. The second-order valence-electron chi connectivity index (χ2n) is 17.1. The van der Waals surface area contributed by atoms with E-state index in [1.54, 1.807) is 6.92 Å². The minimum absolute atomic E-state index is 0. The Morgan fingerprint density at radius 3 is 1.73 bits per heavy atom. The molecule has 2 aromatic heterocycles. The maximum Gasteiger partial charge on any atom is 0.389 e. The van der Waals surface area contributed by atoms with Gasteiger partial charge in [0.2, 0.25) is 0 Å². The molecule has 1 saturated carbocycles. The standard InChI is InChI=1S/C22H22N.C20H20N.C13H21F3O2.Ir/c1-15-11-16(2)13-20(12-15)22-21-8-7-18(17-5-3-4-6-17)14-19(21)9-10-23-22;1-13(2)16-5-6-19-17(12-16)7-8-21-20(19)18-10-14(3)9-15(4)11-18;1-4-9(5-2)11(17)7-12(18)10(6-3)8-13(14,15)16;/h7-12,14,17H,3-6H2,1-2H3;5-10,12-13H,1-4H3;7,9-10,18H,4-6,8H2,1-3H3;/q2*-1;;/b;;12-7-;/i9D,10D;7D,8D;;. The van der Waals surface area contributed by atoms with E-state index in [1.165, 1.54) is 36.8 Å². The van der Waals surface area contributed by atoms with Crippen LogP contribution < -0.4 is 0 Å². The molecule has 1 radical (unpaired) electrons. The molecule has 2 heterocycles. The number of fused-ring (bicyclic) bond motifs is 2. The van der Waals surface area contributed by atoms with Crippen molar-refractivity contribution in [1.29, 1.82) is 0 Å². The first-order valence-corrected chi connectivity index (χ1v) is 22.0. The molecule has 63 heavy (non-hydrogen) atoms. The summed E-state index contributed by atoms with van der Waals surface area (Å²) in [6.07, 6.45) is 2.03. The van der Waals surface area contributed by atoms with Gasteiger partial charge in [0.15, 0.2) is 5.78 Å². The van der Waals surface area contributed by atoms with Gasteiger partial charge in [-0.1, -0.05) is 112 Å². The molecule has 0 saturated heterocycles. The molecule has 0 bridgehead atoms. The third kappa shape index (κ3) is 14.2. The van der Waals surface area contributed by atoms with Crippen molar-refractivity contribution in [2.24, 2.45) is 11.8 Å². The van der Waals surface area contributed by atoms with E-state index in [0.717, 1.165) is 72.4 Å². The predicted octanol–water partition coefficient (Wildman–Crippen LogP) is 15.8. The van der Waals surface area contributed by atoms with Crippen LogP contribution in [-0.4, -0.2) is 27.0 Å². The molecule has 1 unspecified atom stereocenters. The van der Waals surface area contributed by atoms with Crippen LogP contribution in [0.1, 0.15) is 137 Å². The summed E-state index contributed by atoms with van der Waals surface area (Å²) < 4.78 is 69.6. The summed E-state index contributed by atoms with van der Waals surface area (Å²) in [4.78, 5) is 20.5. The molecule has 337 valence electrons. The van der Waals surface area contributed by atoms with Crippen LogP contribution >= 0.6 is 0 Å². The second kappa shape index (κ2) is 23.3. The summed E-state index contributed by atoms with van der Waals surface area (Å²) in [6, 6.07) is 27.9. The van der Waals surface area contributed by atoms with Gasteiger partial charge in [0.25, 0.3) is 0 Å². The van der Waals surface area contributed by atoms with Crippen LogP contribution in [0.5, 0.6) is 0 Å². The number of pyridine rings is 2. The quantitative estimate of drug-likeness (QED) is 0.0798. The van der Waals surface area contributed by atoms with Gasteiger partial charge in [-0.05, 0) is 100 Å². The number of nitrogens with zero attached hydrogens (tertiary/aromatic N) is 2. The molecule has 6 aromatic rings. The van der Waals surface area contributed by atoms with Crippen molar-refractivity contribution in [2.45, 2.75) is 132 Å². The number of hydrogen-bond acceptors (Lipinski definition) is 4. The molecule has 7 rings (SSSR count). The number of aromatic nitrogens is 2. The Kier molecular flexibility index (Phi) is 16.6. The van der Waals surface area contributed by atoms with E-state index >= 15 is 0 Å².